The highest BCUT2D eigenvalue weighted by Gasteiger charge is 2.03. The van der Waals surface area contributed by atoms with E-state index in [1.165, 1.54) is 0 Å². The monoisotopic (exact) mass is 204 g/mol. The van der Waals surface area contributed by atoms with E-state index in [1.54, 1.807) is 12.1 Å². The lowest BCUT2D eigenvalue weighted by molar-refractivity contribution is 0.338. The van der Waals surface area contributed by atoms with E-state index in [9.17, 15) is 0 Å². The summed E-state index contributed by atoms with van der Waals surface area (Å²) in [6.45, 7) is 4.51. The summed E-state index contributed by atoms with van der Waals surface area (Å²) in [6, 6.07) is 3.54. The number of hydrogen-bond acceptors (Lipinski definition) is 1. The van der Waals surface area contributed by atoms with E-state index < -0.39 is 0 Å². The van der Waals surface area contributed by atoms with Gasteiger partial charge < -0.3 is 4.74 Å². The van der Waals surface area contributed by atoms with Crippen molar-refractivity contribution in [3.05, 3.63) is 27.7 Å². The Hall–Kier alpha value is -0.400. The summed E-state index contributed by atoms with van der Waals surface area (Å²) in [5.74, 6) is 0.798. The summed E-state index contributed by atoms with van der Waals surface area (Å²) in [5.41, 5.74) is 1.01. The molecule has 0 saturated carbocycles. The van der Waals surface area contributed by atoms with Gasteiger partial charge in [0.25, 0.3) is 0 Å². The SMILES string of the molecule is CCOc1cc(Cl)c(Cl)cc1C. The molecule has 66 valence electrons. The van der Waals surface area contributed by atoms with Crippen LogP contribution in [-0.4, -0.2) is 6.61 Å². The predicted molar refractivity (Wildman–Crippen MR) is 52.4 cm³/mol. The minimum Gasteiger partial charge on any atom is -0.494 e. The van der Waals surface area contributed by atoms with Crippen LogP contribution >= 0.6 is 23.2 Å². The third-order valence-corrected chi connectivity index (χ3v) is 2.24. The first-order valence-electron chi connectivity index (χ1n) is 3.73. The zero-order valence-corrected chi connectivity index (χ0v) is 8.54. The first-order valence-corrected chi connectivity index (χ1v) is 4.49. The number of hydrogen-bond donors (Lipinski definition) is 0. The van der Waals surface area contributed by atoms with Crippen LogP contribution in [0.25, 0.3) is 0 Å². The Bertz CT molecular complexity index is 284. The molecule has 0 aliphatic rings. The van der Waals surface area contributed by atoms with Gasteiger partial charge in [0.15, 0.2) is 0 Å². The average Bonchev–Trinajstić information content (AvgIpc) is 2.01. The summed E-state index contributed by atoms with van der Waals surface area (Å²) in [7, 11) is 0. The van der Waals surface area contributed by atoms with Crippen LogP contribution < -0.4 is 4.74 Å². The van der Waals surface area contributed by atoms with E-state index in [2.05, 4.69) is 0 Å². The van der Waals surface area contributed by atoms with E-state index in [4.69, 9.17) is 27.9 Å². The number of rotatable bonds is 2. The lowest BCUT2D eigenvalue weighted by Gasteiger charge is -2.07. The molecule has 1 rings (SSSR count). The third kappa shape index (κ3) is 2.05. The number of aryl methyl sites for hydroxylation is 1. The van der Waals surface area contributed by atoms with Gasteiger partial charge in [0.1, 0.15) is 5.75 Å². The second kappa shape index (κ2) is 4.01. The van der Waals surface area contributed by atoms with Crippen LogP contribution in [0.3, 0.4) is 0 Å². The van der Waals surface area contributed by atoms with Crippen LogP contribution in [-0.2, 0) is 0 Å². The third-order valence-electron chi connectivity index (χ3n) is 1.52. The fourth-order valence-electron chi connectivity index (χ4n) is 0.939. The molecule has 0 N–H and O–H groups in total. The van der Waals surface area contributed by atoms with Gasteiger partial charge >= 0.3 is 0 Å². The molecule has 0 fully saturated rings. The van der Waals surface area contributed by atoms with Crippen LogP contribution in [0.2, 0.25) is 10.0 Å². The first-order chi connectivity index (χ1) is 5.65. The molecule has 0 aliphatic carbocycles. The Morgan fingerprint density at radius 2 is 1.83 bits per heavy atom. The van der Waals surface area contributed by atoms with Gasteiger partial charge in [-0.15, -0.1) is 0 Å². The van der Waals surface area contributed by atoms with Crippen molar-refractivity contribution in [2.24, 2.45) is 0 Å². The van der Waals surface area contributed by atoms with Crippen molar-refractivity contribution in [1.29, 1.82) is 0 Å². The van der Waals surface area contributed by atoms with E-state index in [1.807, 2.05) is 13.8 Å². The zero-order valence-electron chi connectivity index (χ0n) is 7.03. The van der Waals surface area contributed by atoms with Crippen LogP contribution in [0.1, 0.15) is 12.5 Å². The molecular formula is C9H10Cl2O. The molecule has 0 saturated heterocycles. The standard InChI is InChI=1S/C9H10Cl2O/c1-3-12-9-5-8(11)7(10)4-6(9)2/h4-5H,3H2,1-2H3. The van der Waals surface area contributed by atoms with Gasteiger partial charge in [0.2, 0.25) is 0 Å². The smallest absolute Gasteiger partial charge is 0.123 e. The Balaban J connectivity index is 3.05. The van der Waals surface area contributed by atoms with Crippen molar-refractivity contribution >= 4 is 23.2 Å². The molecule has 0 heterocycles. The number of ether oxygens (including phenoxy) is 1. The molecule has 0 aliphatic heterocycles. The first kappa shape index (κ1) is 9.69. The van der Waals surface area contributed by atoms with E-state index in [0.29, 0.717) is 16.7 Å². The van der Waals surface area contributed by atoms with Gasteiger partial charge in [-0.3, -0.25) is 0 Å². The fourth-order valence-corrected chi connectivity index (χ4v) is 1.31. The molecule has 0 unspecified atom stereocenters. The highest BCUT2D eigenvalue weighted by Crippen LogP contribution is 2.29. The minimum absolute atomic E-state index is 0.533. The van der Waals surface area contributed by atoms with Crippen molar-refractivity contribution in [2.45, 2.75) is 13.8 Å². The fraction of sp³-hybridized carbons (Fsp3) is 0.333. The number of benzene rings is 1. The van der Waals surface area contributed by atoms with Crippen molar-refractivity contribution < 1.29 is 4.74 Å². The molecule has 3 heteroatoms. The van der Waals surface area contributed by atoms with Crippen LogP contribution in [0.4, 0.5) is 0 Å². The lowest BCUT2D eigenvalue weighted by atomic mass is 10.2. The largest absolute Gasteiger partial charge is 0.494 e. The molecule has 0 bridgehead atoms. The predicted octanol–water partition coefficient (Wildman–Crippen LogP) is 3.70. The molecule has 1 aromatic carbocycles. The van der Waals surface area contributed by atoms with Crippen LogP contribution in [0.15, 0.2) is 12.1 Å². The molecule has 1 aromatic rings. The maximum absolute atomic E-state index is 5.81. The van der Waals surface area contributed by atoms with Gasteiger partial charge in [0.05, 0.1) is 16.7 Å². The highest BCUT2D eigenvalue weighted by atomic mass is 35.5. The van der Waals surface area contributed by atoms with Gasteiger partial charge in [0, 0.05) is 6.07 Å². The normalized spacial score (nSPS) is 10.0. The Labute approximate surface area is 82.2 Å². The molecule has 0 radical (unpaired) electrons. The van der Waals surface area contributed by atoms with Crippen molar-refractivity contribution in [2.75, 3.05) is 6.61 Å². The van der Waals surface area contributed by atoms with Crippen molar-refractivity contribution in [3.8, 4) is 5.75 Å². The molecule has 12 heavy (non-hydrogen) atoms. The second-order valence-electron chi connectivity index (χ2n) is 2.46. The summed E-state index contributed by atoms with van der Waals surface area (Å²) >= 11 is 11.6. The molecule has 0 aromatic heterocycles. The highest BCUT2D eigenvalue weighted by molar-refractivity contribution is 6.42. The van der Waals surface area contributed by atoms with Crippen LogP contribution in [0.5, 0.6) is 5.75 Å². The van der Waals surface area contributed by atoms with Crippen LogP contribution in [0, 0.1) is 6.92 Å². The topological polar surface area (TPSA) is 9.23 Å². The molecular weight excluding hydrogens is 195 g/mol. The van der Waals surface area contributed by atoms with E-state index >= 15 is 0 Å². The average molecular weight is 205 g/mol. The van der Waals surface area contributed by atoms with Gasteiger partial charge in [-0.1, -0.05) is 23.2 Å². The quantitative estimate of drug-likeness (QED) is 0.715. The molecule has 1 nitrogen and oxygen atoms in total. The van der Waals surface area contributed by atoms with Crippen molar-refractivity contribution in [1.82, 2.24) is 0 Å². The summed E-state index contributed by atoms with van der Waals surface area (Å²) < 4.78 is 5.33. The second-order valence-corrected chi connectivity index (χ2v) is 3.28. The van der Waals surface area contributed by atoms with Crippen molar-refractivity contribution in [3.63, 3.8) is 0 Å². The van der Waals surface area contributed by atoms with Gasteiger partial charge in [-0.2, -0.15) is 0 Å². The Morgan fingerprint density at radius 3 is 2.42 bits per heavy atom. The minimum atomic E-state index is 0.533. The maximum atomic E-state index is 5.81. The number of halogens is 2. The maximum Gasteiger partial charge on any atom is 0.123 e. The molecule has 0 atom stereocenters. The Morgan fingerprint density at radius 1 is 1.25 bits per heavy atom. The summed E-state index contributed by atoms with van der Waals surface area (Å²) in [5, 5.41) is 1.10. The molecule has 0 spiro atoms. The van der Waals surface area contributed by atoms with E-state index in [0.717, 1.165) is 11.3 Å². The van der Waals surface area contributed by atoms with Gasteiger partial charge in [-0.05, 0) is 25.5 Å². The lowest BCUT2D eigenvalue weighted by Crippen LogP contribution is -1.93. The van der Waals surface area contributed by atoms with Gasteiger partial charge in [-0.25, -0.2) is 0 Å². The van der Waals surface area contributed by atoms with E-state index in [-0.39, 0.29) is 0 Å². The zero-order chi connectivity index (χ0) is 9.14. The summed E-state index contributed by atoms with van der Waals surface area (Å²) in [6.07, 6.45) is 0. The Kier molecular flexibility index (Phi) is 3.24. The summed E-state index contributed by atoms with van der Waals surface area (Å²) in [4.78, 5) is 0. The molecule has 0 amide bonds.